The summed E-state index contributed by atoms with van der Waals surface area (Å²) in [7, 11) is 0. The Morgan fingerprint density at radius 1 is 1.11 bits per heavy atom. The number of nitrogens with one attached hydrogen (secondary N) is 1. The summed E-state index contributed by atoms with van der Waals surface area (Å²) in [5.41, 5.74) is 5.72. The minimum Gasteiger partial charge on any atom is -0.272 e. The SMILES string of the molecule is Cc1ccc(-n2c(SCC(=O)N/N=C\C=C\c3ccccc3[N+](=O)[O-])nnc2-c2ccncc2)cc1. The molecule has 1 amide bonds. The highest BCUT2D eigenvalue weighted by Crippen LogP contribution is 2.27. The van der Waals surface area contributed by atoms with Gasteiger partial charge in [0.1, 0.15) is 0 Å². The van der Waals surface area contributed by atoms with E-state index >= 15 is 0 Å². The normalized spacial score (nSPS) is 11.2. The zero-order valence-corrected chi connectivity index (χ0v) is 20.0. The Labute approximate surface area is 211 Å². The van der Waals surface area contributed by atoms with Gasteiger partial charge in [0, 0.05) is 35.9 Å². The summed E-state index contributed by atoms with van der Waals surface area (Å²) in [5, 5.41) is 24.1. The number of nitro benzene ring substituents is 1. The van der Waals surface area contributed by atoms with Crippen LogP contribution >= 0.6 is 11.8 Å². The maximum absolute atomic E-state index is 12.3. The number of aryl methyl sites for hydroxylation is 1. The number of carbonyl (C=O) groups excluding carboxylic acids is 1. The Kier molecular flexibility index (Phi) is 7.94. The van der Waals surface area contributed by atoms with Crippen LogP contribution in [0.3, 0.4) is 0 Å². The van der Waals surface area contributed by atoms with Crippen molar-refractivity contribution in [2.24, 2.45) is 5.10 Å². The lowest BCUT2D eigenvalue weighted by atomic mass is 10.2. The average Bonchev–Trinajstić information content (AvgIpc) is 3.32. The highest BCUT2D eigenvalue weighted by Gasteiger charge is 2.17. The molecular weight excluding hydrogens is 478 g/mol. The predicted molar refractivity (Wildman–Crippen MR) is 139 cm³/mol. The van der Waals surface area contributed by atoms with Crippen LogP contribution in [-0.4, -0.2) is 42.5 Å². The van der Waals surface area contributed by atoms with Crippen molar-refractivity contribution < 1.29 is 9.72 Å². The molecule has 2 aromatic carbocycles. The first-order valence-electron chi connectivity index (χ1n) is 10.8. The number of aromatic nitrogens is 4. The molecule has 0 fully saturated rings. The summed E-state index contributed by atoms with van der Waals surface area (Å²) < 4.78 is 1.89. The second-order valence-electron chi connectivity index (χ2n) is 7.49. The molecule has 0 aliphatic rings. The first-order valence-corrected chi connectivity index (χ1v) is 11.8. The van der Waals surface area contributed by atoms with Crippen molar-refractivity contribution in [3.8, 4) is 17.1 Å². The second-order valence-corrected chi connectivity index (χ2v) is 8.43. The fraction of sp³-hybridized carbons (Fsp3) is 0.0800. The summed E-state index contributed by atoms with van der Waals surface area (Å²) in [6.45, 7) is 2.01. The van der Waals surface area contributed by atoms with Gasteiger partial charge < -0.3 is 0 Å². The smallest absolute Gasteiger partial charge is 0.272 e. The van der Waals surface area contributed by atoms with Gasteiger partial charge in [-0.3, -0.25) is 24.5 Å². The van der Waals surface area contributed by atoms with Gasteiger partial charge in [0.15, 0.2) is 11.0 Å². The third kappa shape index (κ3) is 6.07. The molecule has 2 aromatic heterocycles. The number of thioether (sulfide) groups is 1. The predicted octanol–water partition coefficient (Wildman–Crippen LogP) is 4.45. The molecule has 0 unspecified atom stereocenters. The van der Waals surface area contributed by atoms with E-state index < -0.39 is 4.92 Å². The van der Waals surface area contributed by atoms with Crippen molar-refractivity contribution >= 4 is 35.6 Å². The molecule has 0 spiro atoms. The monoisotopic (exact) mass is 499 g/mol. The number of carbonyl (C=O) groups is 1. The number of nitrogens with zero attached hydrogens (tertiary/aromatic N) is 6. The molecule has 0 bridgehead atoms. The number of hydrogen-bond donors (Lipinski definition) is 1. The van der Waals surface area contributed by atoms with Crippen LogP contribution in [0.4, 0.5) is 5.69 Å². The molecule has 180 valence electrons. The Morgan fingerprint density at radius 3 is 2.61 bits per heavy atom. The zero-order valence-electron chi connectivity index (χ0n) is 19.2. The van der Waals surface area contributed by atoms with E-state index in [1.54, 1.807) is 36.7 Å². The van der Waals surface area contributed by atoms with Crippen LogP contribution in [0, 0.1) is 17.0 Å². The molecule has 1 N–H and O–H groups in total. The number of hydrogen-bond acceptors (Lipinski definition) is 8. The molecule has 2 heterocycles. The number of benzene rings is 2. The van der Waals surface area contributed by atoms with E-state index in [0.717, 1.165) is 16.8 Å². The molecule has 11 heteroatoms. The number of hydrazone groups is 1. The zero-order chi connectivity index (χ0) is 25.3. The van der Waals surface area contributed by atoms with E-state index in [0.29, 0.717) is 16.5 Å². The second kappa shape index (κ2) is 11.7. The minimum atomic E-state index is -0.453. The molecule has 4 rings (SSSR count). The van der Waals surface area contributed by atoms with Crippen LogP contribution < -0.4 is 5.43 Å². The molecule has 0 saturated heterocycles. The van der Waals surface area contributed by atoms with E-state index in [4.69, 9.17) is 0 Å². The summed E-state index contributed by atoms with van der Waals surface area (Å²) in [6.07, 6.45) is 7.80. The number of allylic oxidation sites excluding steroid dienone is 1. The van der Waals surface area contributed by atoms with Gasteiger partial charge in [-0.1, -0.05) is 41.6 Å². The topological polar surface area (TPSA) is 128 Å². The van der Waals surface area contributed by atoms with Crippen LogP contribution in [0.5, 0.6) is 0 Å². The van der Waals surface area contributed by atoms with Gasteiger partial charge >= 0.3 is 0 Å². The van der Waals surface area contributed by atoms with Crippen LogP contribution in [0.2, 0.25) is 0 Å². The van der Waals surface area contributed by atoms with E-state index in [1.807, 2.05) is 47.9 Å². The third-order valence-corrected chi connectivity index (χ3v) is 5.88. The molecule has 0 aliphatic carbocycles. The largest absolute Gasteiger partial charge is 0.276 e. The van der Waals surface area contributed by atoms with E-state index in [9.17, 15) is 14.9 Å². The van der Waals surface area contributed by atoms with Gasteiger partial charge in [0.25, 0.3) is 11.6 Å². The summed E-state index contributed by atoms with van der Waals surface area (Å²) in [5.74, 6) is 0.368. The van der Waals surface area contributed by atoms with Crippen molar-refractivity contribution in [3.63, 3.8) is 0 Å². The van der Waals surface area contributed by atoms with Gasteiger partial charge in [0.2, 0.25) is 0 Å². The minimum absolute atomic E-state index is 0.00795. The lowest BCUT2D eigenvalue weighted by Crippen LogP contribution is -2.19. The molecule has 0 aliphatic heterocycles. The molecule has 36 heavy (non-hydrogen) atoms. The molecular formula is C25H21N7O3S. The summed E-state index contributed by atoms with van der Waals surface area (Å²) >= 11 is 1.23. The summed E-state index contributed by atoms with van der Waals surface area (Å²) in [6, 6.07) is 18.0. The fourth-order valence-corrected chi connectivity index (χ4v) is 3.98. The number of rotatable bonds is 9. The van der Waals surface area contributed by atoms with Gasteiger partial charge in [-0.25, -0.2) is 5.43 Å². The molecule has 0 saturated carbocycles. The van der Waals surface area contributed by atoms with Crippen molar-refractivity contribution in [1.29, 1.82) is 0 Å². The van der Waals surface area contributed by atoms with Gasteiger partial charge in [-0.15, -0.1) is 10.2 Å². The van der Waals surface area contributed by atoms with Gasteiger partial charge in [-0.05, 0) is 49.4 Å². The van der Waals surface area contributed by atoms with Crippen LogP contribution in [-0.2, 0) is 4.79 Å². The Bertz CT molecular complexity index is 1420. The quantitative estimate of drug-likeness (QED) is 0.156. The van der Waals surface area contributed by atoms with Gasteiger partial charge in [0.05, 0.1) is 16.2 Å². The Morgan fingerprint density at radius 2 is 1.86 bits per heavy atom. The lowest BCUT2D eigenvalue weighted by Gasteiger charge is -2.10. The standard InChI is InChI=1S/C25H21N7O3S/c1-18-8-10-21(11-9-18)31-24(20-12-15-26-16-13-20)29-30-25(31)36-17-23(33)28-27-14-4-6-19-5-2-3-7-22(19)32(34)35/h2-16H,17H2,1H3,(H,28,33)/b6-4+,27-14-. The molecule has 4 aromatic rings. The number of para-hydroxylation sites is 1. The lowest BCUT2D eigenvalue weighted by molar-refractivity contribution is -0.385. The molecule has 0 radical (unpaired) electrons. The Hall–Kier alpha value is -4.64. The third-order valence-electron chi connectivity index (χ3n) is 4.96. The first-order chi connectivity index (χ1) is 17.5. The van der Waals surface area contributed by atoms with Crippen LogP contribution in [0.1, 0.15) is 11.1 Å². The highest BCUT2D eigenvalue weighted by atomic mass is 32.2. The maximum Gasteiger partial charge on any atom is 0.276 e. The number of nitro groups is 1. The average molecular weight is 500 g/mol. The fourth-order valence-electron chi connectivity index (χ4n) is 3.23. The Balaban J connectivity index is 1.42. The van der Waals surface area contributed by atoms with Crippen LogP contribution in [0.25, 0.3) is 23.2 Å². The van der Waals surface area contributed by atoms with E-state index in [-0.39, 0.29) is 17.3 Å². The van der Waals surface area contributed by atoms with Gasteiger partial charge in [-0.2, -0.15) is 5.10 Å². The van der Waals surface area contributed by atoms with Crippen LogP contribution in [0.15, 0.2) is 89.4 Å². The number of amides is 1. The number of pyridine rings is 1. The van der Waals surface area contributed by atoms with Crippen molar-refractivity contribution in [2.45, 2.75) is 12.1 Å². The van der Waals surface area contributed by atoms with Crippen molar-refractivity contribution in [2.75, 3.05) is 5.75 Å². The highest BCUT2D eigenvalue weighted by molar-refractivity contribution is 7.99. The molecule has 0 atom stereocenters. The van der Waals surface area contributed by atoms with E-state index in [1.165, 1.54) is 30.1 Å². The van der Waals surface area contributed by atoms with E-state index in [2.05, 4.69) is 25.7 Å². The van der Waals surface area contributed by atoms with Crippen molar-refractivity contribution in [3.05, 3.63) is 100 Å². The maximum atomic E-state index is 12.3. The first kappa shape index (κ1) is 24.5. The van der Waals surface area contributed by atoms with Crippen molar-refractivity contribution in [1.82, 2.24) is 25.2 Å². The summed E-state index contributed by atoms with van der Waals surface area (Å²) in [4.78, 5) is 27.0. The molecule has 10 nitrogen and oxygen atoms in total.